The van der Waals surface area contributed by atoms with Gasteiger partial charge in [-0.3, -0.25) is 38.9 Å². The number of fused-ring (bicyclic) bond motifs is 2. The van der Waals surface area contributed by atoms with Crippen molar-refractivity contribution in [3.63, 3.8) is 0 Å². The Labute approximate surface area is 357 Å². The van der Waals surface area contributed by atoms with Crippen molar-refractivity contribution in [2.45, 2.75) is 102 Å². The molecule has 324 valence electrons. The zero-order valence-corrected chi connectivity index (χ0v) is 34.6. The van der Waals surface area contributed by atoms with Gasteiger partial charge in [-0.1, -0.05) is 12.1 Å². The maximum atomic E-state index is 13.9. The quantitative estimate of drug-likeness (QED) is 0.124. The summed E-state index contributed by atoms with van der Waals surface area (Å²) in [5.74, 6) is -4.00. The molecule has 3 aliphatic heterocycles. The Morgan fingerprint density at radius 1 is 0.935 bits per heavy atom. The van der Waals surface area contributed by atoms with Gasteiger partial charge < -0.3 is 20.3 Å². The number of nitrogens with zero attached hydrogens (tertiary/aromatic N) is 5. The molecule has 4 aromatic rings. The van der Waals surface area contributed by atoms with E-state index in [-0.39, 0.29) is 36.2 Å². The highest BCUT2D eigenvalue weighted by molar-refractivity contribution is 6.25. The molecule has 6 aliphatic rings. The number of benzene rings is 2. The molecule has 1 spiro atoms. The number of imide groups is 2. The van der Waals surface area contributed by atoms with Crippen LogP contribution in [0.25, 0.3) is 10.9 Å². The van der Waals surface area contributed by atoms with Crippen molar-refractivity contribution in [2.24, 2.45) is 17.3 Å². The molecule has 2 saturated heterocycles. The second-order valence-corrected chi connectivity index (χ2v) is 18.6. The average molecular weight is 849 g/mol. The first-order valence-electron chi connectivity index (χ1n) is 22.0. The highest BCUT2D eigenvalue weighted by atomic mass is 19.3. The number of hydrogen-bond acceptors (Lipinski definition) is 10. The molecule has 16 heteroatoms. The van der Waals surface area contributed by atoms with Crippen LogP contribution in [0.3, 0.4) is 0 Å². The van der Waals surface area contributed by atoms with Gasteiger partial charge in [-0.2, -0.15) is 13.9 Å². The summed E-state index contributed by atoms with van der Waals surface area (Å²) < 4.78 is 36.1. The van der Waals surface area contributed by atoms with Gasteiger partial charge >= 0.3 is 0 Å². The van der Waals surface area contributed by atoms with Gasteiger partial charge in [-0.05, 0) is 112 Å². The van der Waals surface area contributed by atoms with E-state index >= 15 is 0 Å². The topological polar surface area (TPSA) is 168 Å². The average Bonchev–Trinajstić information content (AvgIpc) is 3.88. The summed E-state index contributed by atoms with van der Waals surface area (Å²) in [6, 6.07) is 12.2. The second-order valence-electron chi connectivity index (χ2n) is 18.6. The third-order valence-electron chi connectivity index (χ3n) is 13.7. The molecule has 62 heavy (non-hydrogen) atoms. The molecule has 5 amide bonds. The summed E-state index contributed by atoms with van der Waals surface area (Å²) in [4.78, 5) is 71.5. The van der Waals surface area contributed by atoms with Gasteiger partial charge in [-0.15, -0.1) is 0 Å². The molecule has 3 saturated carbocycles. The van der Waals surface area contributed by atoms with Crippen molar-refractivity contribution in [2.75, 3.05) is 36.8 Å². The molecule has 2 aromatic heterocycles. The van der Waals surface area contributed by atoms with Gasteiger partial charge in [-0.25, -0.2) is 4.98 Å². The number of anilines is 2. The number of alkyl halides is 2. The molecule has 0 bridgehead atoms. The lowest BCUT2D eigenvalue weighted by Gasteiger charge is -2.60. The van der Waals surface area contributed by atoms with Crippen molar-refractivity contribution in [3.05, 3.63) is 77.2 Å². The number of rotatable bonds is 13. The van der Waals surface area contributed by atoms with E-state index in [1.54, 1.807) is 18.2 Å². The smallest absolute Gasteiger partial charge is 0.287 e. The van der Waals surface area contributed by atoms with Crippen molar-refractivity contribution < 1.29 is 37.5 Å². The van der Waals surface area contributed by atoms with E-state index in [0.29, 0.717) is 46.5 Å². The van der Waals surface area contributed by atoms with Crippen LogP contribution in [0.5, 0.6) is 5.75 Å². The van der Waals surface area contributed by atoms with Crippen molar-refractivity contribution in [3.8, 4) is 5.75 Å². The first kappa shape index (κ1) is 40.3. The van der Waals surface area contributed by atoms with Crippen molar-refractivity contribution in [1.82, 2.24) is 29.9 Å². The molecule has 5 heterocycles. The zero-order chi connectivity index (χ0) is 42.9. The van der Waals surface area contributed by atoms with Crippen LogP contribution in [0.2, 0.25) is 0 Å². The van der Waals surface area contributed by atoms with E-state index in [1.165, 1.54) is 31.0 Å². The Morgan fingerprint density at radius 2 is 1.71 bits per heavy atom. The molecule has 3 aliphatic carbocycles. The third kappa shape index (κ3) is 7.81. The number of hydrogen-bond donors (Lipinski definition) is 3. The van der Waals surface area contributed by atoms with Crippen LogP contribution < -0.4 is 20.7 Å². The fraction of sp³-hybridized carbons (Fsp3) is 0.500. The van der Waals surface area contributed by atoms with Crippen LogP contribution in [-0.2, 0) is 15.5 Å². The summed E-state index contributed by atoms with van der Waals surface area (Å²) in [7, 11) is 0. The zero-order valence-electron chi connectivity index (χ0n) is 34.6. The number of likely N-dealkylation sites (tertiary alicyclic amines) is 1. The Hall–Kier alpha value is -5.77. The lowest BCUT2D eigenvalue weighted by molar-refractivity contribution is -0.136. The number of halogens is 2. The molecule has 10 rings (SSSR count). The van der Waals surface area contributed by atoms with Crippen LogP contribution in [0.4, 0.5) is 20.2 Å². The lowest BCUT2D eigenvalue weighted by atomic mass is 9.57. The Morgan fingerprint density at radius 3 is 2.45 bits per heavy atom. The van der Waals surface area contributed by atoms with E-state index in [4.69, 9.17) is 9.84 Å². The van der Waals surface area contributed by atoms with Gasteiger partial charge in [0.15, 0.2) is 0 Å². The maximum Gasteiger partial charge on any atom is 0.287 e. The molecule has 5 fully saturated rings. The number of nitrogens with one attached hydrogen (secondary N) is 3. The molecule has 14 nitrogen and oxygen atoms in total. The third-order valence-corrected chi connectivity index (χ3v) is 13.7. The minimum atomic E-state index is -3.17. The largest absolute Gasteiger partial charge is 0.488 e. The fourth-order valence-electron chi connectivity index (χ4n) is 10.5. The van der Waals surface area contributed by atoms with E-state index in [2.05, 4.69) is 30.5 Å². The van der Waals surface area contributed by atoms with E-state index in [1.807, 2.05) is 18.3 Å². The number of piperidine rings is 1. The molecule has 2 aromatic carbocycles. The number of pyridine rings is 1. The Kier molecular flexibility index (Phi) is 10.1. The van der Waals surface area contributed by atoms with Crippen LogP contribution in [-0.4, -0.2) is 92.4 Å². The van der Waals surface area contributed by atoms with Crippen LogP contribution in [0.15, 0.2) is 54.7 Å². The normalized spacial score (nSPS) is 23.9. The summed E-state index contributed by atoms with van der Waals surface area (Å²) in [5.41, 5.74) is 2.26. The highest BCUT2D eigenvalue weighted by Crippen LogP contribution is 2.53. The first-order valence-corrected chi connectivity index (χ1v) is 22.0. The van der Waals surface area contributed by atoms with Crippen LogP contribution in [0.1, 0.15) is 120 Å². The minimum Gasteiger partial charge on any atom is -0.488 e. The SMILES string of the molecule is CC(F)(F)c1cccc(C(=O)Nc2cc3cn(C4CCC(CN5CC6(CC(CCNc7cccc8c7C(=O)N(C7CCC(=O)NC7=O)C8=O)C6)C5)CC4)nc3cc2OC2CC2)n1. The Balaban J connectivity index is 0.682. The summed E-state index contributed by atoms with van der Waals surface area (Å²) in [6.45, 7) is 4.82. The van der Waals surface area contributed by atoms with Gasteiger partial charge in [0.05, 0.1) is 34.5 Å². The molecular formula is C46H50F2N8O6. The van der Waals surface area contributed by atoms with Crippen LogP contribution >= 0.6 is 0 Å². The number of aromatic nitrogens is 3. The molecule has 1 unspecified atom stereocenters. The predicted molar refractivity (Wildman–Crippen MR) is 224 cm³/mol. The number of amides is 5. The molecule has 1 atom stereocenters. The molecular weight excluding hydrogens is 799 g/mol. The summed E-state index contributed by atoms with van der Waals surface area (Å²) in [5, 5.41) is 14.3. The second kappa shape index (κ2) is 15.5. The number of carbonyl (C=O) groups excluding carboxylic acids is 5. The van der Waals surface area contributed by atoms with E-state index < -0.39 is 47.2 Å². The Bertz CT molecular complexity index is 2480. The van der Waals surface area contributed by atoms with Gasteiger partial charge in [0, 0.05) is 62.9 Å². The standard InChI is InChI=1S/C46H50F2N8O6/c1-45(47,48)38-7-3-6-33(50-38)41(58)51-35-18-28-23-55(53-34(28)19-37(35)62-30-12-13-30)29-10-8-26(9-11-29)22-54-24-46(25-54)20-27(21-46)16-17-49-32-5-2-4-31-40(32)44(61)56(43(31)60)36-14-15-39(57)52-42(36)59/h2-7,18-19,23,26-27,29-30,36,49H,8-17,20-22,24-25H2,1H3,(H,51,58)(H,52,57,59). The van der Waals surface area contributed by atoms with Gasteiger partial charge in [0.2, 0.25) is 11.8 Å². The monoisotopic (exact) mass is 848 g/mol. The van der Waals surface area contributed by atoms with E-state index in [9.17, 15) is 32.8 Å². The minimum absolute atomic E-state index is 0.0736. The molecule has 0 radical (unpaired) electrons. The van der Waals surface area contributed by atoms with Crippen molar-refractivity contribution >= 4 is 51.8 Å². The van der Waals surface area contributed by atoms with Gasteiger partial charge in [0.1, 0.15) is 23.2 Å². The van der Waals surface area contributed by atoms with Gasteiger partial charge in [0.25, 0.3) is 23.6 Å². The summed E-state index contributed by atoms with van der Waals surface area (Å²) >= 11 is 0. The first-order chi connectivity index (χ1) is 29.8. The van der Waals surface area contributed by atoms with Crippen molar-refractivity contribution in [1.29, 1.82) is 0 Å². The van der Waals surface area contributed by atoms with E-state index in [0.717, 1.165) is 87.3 Å². The maximum absolute atomic E-state index is 13.9. The number of carbonyl (C=O) groups is 5. The van der Waals surface area contributed by atoms with Crippen LogP contribution in [0, 0.1) is 17.3 Å². The molecule has 3 N–H and O–H groups in total. The fourth-order valence-corrected chi connectivity index (χ4v) is 10.5. The highest BCUT2D eigenvalue weighted by Gasteiger charge is 2.52. The lowest BCUT2D eigenvalue weighted by Crippen LogP contribution is -2.63. The number of ether oxygens (including phenoxy) is 1. The predicted octanol–water partition coefficient (Wildman–Crippen LogP) is 6.68. The summed E-state index contributed by atoms with van der Waals surface area (Å²) in [6.07, 6.45) is 11.9.